The molecule has 1 amide bonds. The first-order valence-corrected chi connectivity index (χ1v) is 10.8. The number of benzene rings is 1. The molecule has 0 saturated carbocycles. The first-order chi connectivity index (χ1) is 14.8. The predicted molar refractivity (Wildman–Crippen MR) is 123 cm³/mol. The molecule has 160 valence electrons. The molecule has 5 nitrogen and oxygen atoms in total. The maximum Gasteiger partial charge on any atom is 0.257 e. The number of pyridine rings is 2. The van der Waals surface area contributed by atoms with E-state index in [1.165, 1.54) is 0 Å². The van der Waals surface area contributed by atoms with Crippen LogP contribution in [0.15, 0.2) is 42.7 Å². The number of amides is 1. The van der Waals surface area contributed by atoms with Crippen LogP contribution in [0.3, 0.4) is 0 Å². The summed E-state index contributed by atoms with van der Waals surface area (Å²) in [5.41, 5.74) is 7.99. The smallest absolute Gasteiger partial charge is 0.257 e. The van der Waals surface area contributed by atoms with E-state index in [2.05, 4.69) is 29.9 Å². The van der Waals surface area contributed by atoms with Crippen molar-refractivity contribution in [2.45, 2.75) is 46.6 Å². The molecule has 0 unspecified atom stereocenters. The van der Waals surface area contributed by atoms with E-state index in [9.17, 15) is 4.79 Å². The van der Waals surface area contributed by atoms with Crippen LogP contribution >= 0.6 is 0 Å². The fourth-order valence-corrected chi connectivity index (χ4v) is 3.94. The standard InChI is InChI=1S/C26H29N3O2/c1-16-6-8-21(15-27-16)24-9-7-20(14-28-24)12-22-13-23-25(19(4)18(22)3)31-11-10-17(2)29(5)26(23)30/h6-9,13-15,17H,10-12H2,1-5H3/t17-/m1/s1. The van der Waals surface area contributed by atoms with Gasteiger partial charge in [0.25, 0.3) is 5.91 Å². The van der Waals surface area contributed by atoms with Crippen molar-refractivity contribution < 1.29 is 9.53 Å². The summed E-state index contributed by atoms with van der Waals surface area (Å²) in [4.78, 5) is 23.9. The van der Waals surface area contributed by atoms with Gasteiger partial charge in [0.05, 0.1) is 17.9 Å². The van der Waals surface area contributed by atoms with Crippen LogP contribution < -0.4 is 4.74 Å². The predicted octanol–water partition coefficient (Wildman–Crippen LogP) is 4.90. The number of nitrogens with zero attached hydrogens (tertiary/aromatic N) is 3. The van der Waals surface area contributed by atoms with Crippen molar-refractivity contribution in [2.75, 3.05) is 13.7 Å². The summed E-state index contributed by atoms with van der Waals surface area (Å²) in [5.74, 6) is 0.747. The molecule has 2 aromatic heterocycles. The van der Waals surface area contributed by atoms with Gasteiger partial charge in [-0.05, 0) is 80.6 Å². The molecule has 3 heterocycles. The fraction of sp³-hybridized carbons (Fsp3) is 0.346. The fourth-order valence-electron chi connectivity index (χ4n) is 3.94. The second kappa shape index (κ2) is 8.50. The Hall–Kier alpha value is -3.21. The third-order valence-electron chi connectivity index (χ3n) is 6.37. The normalized spacial score (nSPS) is 16.4. The topological polar surface area (TPSA) is 55.3 Å². The first kappa shape index (κ1) is 21.0. The van der Waals surface area contributed by atoms with Crippen molar-refractivity contribution in [3.63, 3.8) is 0 Å². The van der Waals surface area contributed by atoms with Gasteiger partial charge in [-0.2, -0.15) is 0 Å². The van der Waals surface area contributed by atoms with Crippen molar-refractivity contribution in [1.29, 1.82) is 0 Å². The Bertz CT molecular complexity index is 1100. The van der Waals surface area contributed by atoms with Gasteiger partial charge in [-0.25, -0.2) is 0 Å². The minimum absolute atomic E-state index is 0.0203. The lowest BCUT2D eigenvalue weighted by molar-refractivity contribution is 0.0699. The number of carbonyl (C=O) groups excluding carboxylic acids is 1. The van der Waals surface area contributed by atoms with E-state index >= 15 is 0 Å². The van der Waals surface area contributed by atoms with Crippen LogP contribution in [0, 0.1) is 20.8 Å². The van der Waals surface area contributed by atoms with E-state index in [1.807, 2.05) is 62.5 Å². The molecule has 4 rings (SSSR count). The number of hydrogen-bond donors (Lipinski definition) is 0. The van der Waals surface area contributed by atoms with Gasteiger partial charge in [0, 0.05) is 43.2 Å². The van der Waals surface area contributed by atoms with E-state index in [-0.39, 0.29) is 11.9 Å². The Morgan fingerprint density at radius 3 is 2.55 bits per heavy atom. The molecular formula is C26H29N3O2. The van der Waals surface area contributed by atoms with Crippen LogP contribution in [0.4, 0.5) is 0 Å². The molecule has 0 radical (unpaired) electrons. The highest BCUT2D eigenvalue weighted by Crippen LogP contribution is 2.33. The van der Waals surface area contributed by atoms with E-state index in [0.717, 1.165) is 51.4 Å². The van der Waals surface area contributed by atoms with Crippen LogP contribution in [-0.4, -0.2) is 40.5 Å². The lowest BCUT2D eigenvalue weighted by atomic mass is 9.93. The Balaban J connectivity index is 1.65. The minimum Gasteiger partial charge on any atom is -0.492 e. The number of hydrogen-bond acceptors (Lipinski definition) is 4. The lowest BCUT2D eigenvalue weighted by Crippen LogP contribution is -2.38. The number of fused-ring (bicyclic) bond motifs is 1. The second-order valence-corrected chi connectivity index (χ2v) is 8.48. The number of rotatable bonds is 3. The van der Waals surface area contributed by atoms with Gasteiger partial charge in [0.15, 0.2) is 0 Å². The summed E-state index contributed by atoms with van der Waals surface area (Å²) in [6.45, 7) is 8.79. The second-order valence-electron chi connectivity index (χ2n) is 8.48. The zero-order valence-electron chi connectivity index (χ0n) is 18.9. The molecule has 0 fully saturated rings. The molecule has 1 aromatic carbocycles. The summed E-state index contributed by atoms with van der Waals surface area (Å²) < 4.78 is 6.04. The molecule has 0 N–H and O–H groups in total. The van der Waals surface area contributed by atoms with Crippen molar-refractivity contribution >= 4 is 5.91 Å². The molecule has 0 saturated heterocycles. The van der Waals surface area contributed by atoms with Crippen molar-refractivity contribution in [3.05, 3.63) is 76.2 Å². The highest BCUT2D eigenvalue weighted by Gasteiger charge is 2.26. The summed E-state index contributed by atoms with van der Waals surface area (Å²) in [7, 11) is 1.87. The highest BCUT2D eigenvalue weighted by atomic mass is 16.5. The average molecular weight is 416 g/mol. The molecule has 3 aromatic rings. The van der Waals surface area contributed by atoms with Gasteiger partial charge in [-0.15, -0.1) is 0 Å². The Kier molecular flexibility index (Phi) is 5.77. The molecule has 0 bridgehead atoms. The largest absolute Gasteiger partial charge is 0.492 e. The van der Waals surface area contributed by atoms with Gasteiger partial charge in [-0.1, -0.05) is 6.07 Å². The highest BCUT2D eigenvalue weighted by molar-refractivity contribution is 5.98. The van der Waals surface area contributed by atoms with Crippen LogP contribution in [0.1, 0.15) is 51.7 Å². The summed E-state index contributed by atoms with van der Waals surface area (Å²) >= 11 is 0. The number of carbonyl (C=O) groups is 1. The lowest BCUT2D eigenvalue weighted by Gasteiger charge is -2.30. The number of aryl methyl sites for hydroxylation is 1. The maximum absolute atomic E-state index is 13.1. The molecule has 1 atom stereocenters. The van der Waals surface area contributed by atoms with E-state index in [4.69, 9.17) is 4.74 Å². The number of aromatic nitrogens is 2. The minimum atomic E-state index is 0.0203. The summed E-state index contributed by atoms with van der Waals surface area (Å²) in [5, 5.41) is 0. The molecule has 5 heteroatoms. The van der Waals surface area contributed by atoms with Crippen molar-refractivity contribution in [3.8, 4) is 17.0 Å². The molecule has 31 heavy (non-hydrogen) atoms. The Labute approximate surface area is 184 Å². The van der Waals surface area contributed by atoms with E-state index < -0.39 is 0 Å². The third-order valence-corrected chi connectivity index (χ3v) is 6.37. The quantitative estimate of drug-likeness (QED) is 0.610. The SMILES string of the molecule is Cc1ccc(-c2ccc(Cc3cc4c(c(C)c3C)OCC[C@@H](C)N(C)C4=O)cn2)cn1. The zero-order chi connectivity index (χ0) is 22.1. The van der Waals surface area contributed by atoms with Gasteiger partial charge in [-0.3, -0.25) is 14.8 Å². The third kappa shape index (κ3) is 4.18. The summed E-state index contributed by atoms with van der Waals surface area (Å²) in [6.07, 6.45) is 5.30. The average Bonchev–Trinajstić information content (AvgIpc) is 2.77. The van der Waals surface area contributed by atoms with Gasteiger partial charge >= 0.3 is 0 Å². The van der Waals surface area contributed by atoms with Crippen molar-refractivity contribution in [1.82, 2.24) is 14.9 Å². The van der Waals surface area contributed by atoms with Crippen LogP contribution in [-0.2, 0) is 6.42 Å². The van der Waals surface area contributed by atoms with E-state index in [1.54, 1.807) is 0 Å². The van der Waals surface area contributed by atoms with Crippen LogP contribution in [0.2, 0.25) is 0 Å². The molecule has 1 aliphatic rings. The molecule has 1 aliphatic heterocycles. The van der Waals surface area contributed by atoms with Gasteiger partial charge < -0.3 is 9.64 Å². The summed E-state index contributed by atoms with van der Waals surface area (Å²) in [6, 6.07) is 10.3. The molecule has 0 spiro atoms. The Morgan fingerprint density at radius 1 is 1.06 bits per heavy atom. The zero-order valence-corrected chi connectivity index (χ0v) is 18.9. The first-order valence-electron chi connectivity index (χ1n) is 10.8. The monoisotopic (exact) mass is 415 g/mol. The van der Waals surface area contributed by atoms with Gasteiger partial charge in [0.1, 0.15) is 5.75 Å². The maximum atomic E-state index is 13.1. The molecule has 0 aliphatic carbocycles. The number of ether oxygens (including phenoxy) is 1. The van der Waals surface area contributed by atoms with Gasteiger partial charge in [0.2, 0.25) is 0 Å². The van der Waals surface area contributed by atoms with E-state index in [0.29, 0.717) is 18.6 Å². The van der Waals surface area contributed by atoms with Crippen LogP contribution in [0.5, 0.6) is 5.75 Å². The Morgan fingerprint density at radius 2 is 1.87 bits per heavy atom. The van der Waals surface area contributed by atoms with Crippen molar-refractivity contribution in [2.24, 2.45) is 0 Å². The molecular weight excluding hydrogens is 386 g/mol. The van der Waals surface area contributed by atoms with Crippen LogP contribution in [0.25, 0.3) is 11.3 Å².